The van der Waals surface area contributed by atoms with Gasteiger partial charge in [-0.2, -0.15) is 5.26 Å². The molecule has 0 aliphatic rings. The molecule has 0 fully saturated rings. The summed E-state index contributed by atoms with van der Waals surface area (Å²) in [4.78, 5) is 0. The fourth-order valence-corrected chi connectivity index (χ4v) is 1.97. The van der Waals surface area contributed by atoms with Crippen molar-refractivity contribution in [1.29, 1.82) is 5.26 Å². The van der Waals surface area contributed by atoms with E-state index in [1.54, 1.807) is 18.2 Å². The van der Waals surface area contributed by atoms with E-state index in [0.29, 0.717) is 15.8 Å². The summed E-state index contributed by atoms with van der Waals surface area (Å²) in [6.07, 6.45) is 0. The van der Waals surface area contributed by atoms with Crippen molar-refractivity contribution in [3.63, 3.8) is 0 Å². The minimum atomic E-state index is -0.368. The van der Waals surface area contributed by atoms with Gasteiger partial charge in [0, 0.05) is 16.1 Å². The topological polar surface area (TPSA) is 33.0 Å². The third kappa shape index (κ3) is 3.08. The van der Waals surface area contributed by atoms with E-state index in [4.69, 9.17) is 10.00 Å². The SMILES string of the molecule is N#Cc1ccccc1COc1cc(F)cc(Br)c1. The Morgan fingerprint density at radius 1 is 1.22 bits per heavy atom. The van der Waals surface area contributed by atoms with Crippen LogP contribution in [0.15, 0.2) is 46.9 Å². The van der Waals surface area contributed by atoms with Crippen LogP contribution in [0, 0.1) is 17.1 Å². The third-order valence-corrected chi connectivity index (χ3v) is 2.83. The molecule has 18 heavy (non-hydrogen) atoms. The molecular formula is C14H9BrFNO. The molecule has 0 bridgehead atoms. The largest absolute Gasteiger partial charge is 0.489 e. The Kier molecular flexibility index (Phi) is 3.96. The number of ether oxygens (including phenoxy) is 1. The molecule has 0 saturated carbocycles. The van der Waals surface area contributed by atoms with Crippen LogP contribution in [0.25, 0.3) is 0 Å². The molecule has 0 radical (unpaired) electrons. The first-order valence-electron chi connectivity index (χ1n) is 5.26. The first kappa shape index (κ1) is 12.6. The van der Waals surface area contributed by atoms with Gasteiger partial charge in [0.05, 0.1) is 11.6 Å². The van der Waals surface area contributed by atoms with Crippen molar-refractivity contribution < 1.29 is 9.13 Å². The lowest BCUT2D eigenvalue weighted by atomic mass is 10.1. The zero-order valence-corrected chi connectivity index (χ0v) is 10.9. The highest BCUT2D eigenvalue weighted by molar-refractivity contribution is 9.10. The van der Waals surface area contributed by atoms with Gasteiger partial charge in [0.1, 0.15) is 18.2 Å². The Morgan fingerprint density at radius 3 is 2.72 bits per heavy atom. The normalized spacial score (nSPS) is 9.83. The van der Waals surface area contributed by atoms with E-state index in [1.165, 1.54) is 12.1 Å². The fourth-order valence-electron chi connectivity index (χ4n) is 1.53. The summed E-state index contributed by atoms with van der Waals surface area (Å²) in [5, 5.41) is 8.93. The van der Waals surface area contributed by atoms with Crippen LogP contribution < -0.4 is 4.74 Å². The average molecular weight is 306 g/mol. The van der Waals surface area contributed by atoms with Crippen LogP contribution in [0.5, 0.6) is 5.75 Å². The second-order valence-electron chi connectivity index (χ2n) is 3.66. The highest BCUT2D eigenvalue weighted by Crippen LogP contribution is 2.22. The lowest BCUT2D eigenvalue weighted by Crippen LogP contribution is -1.98. The summed E-state index contributed by atoms with van der Waals surface area (Å²) >= 11 is 3.19. The van der Waals surface area contributed by atoms with E-state index in [2.05, 4.69) is 22.0 Å². The lowest BCUT2D eigenvalue weighted by molar-refractivity contribution is 0.304. The quantitative estimate of drug-likeness (QED) is 0.857. The second kappa shape index (κ2) is 5.65. The summed E-state index contributed by atoms with van der Waals surface area (Å²) in [5.74, 6) is 0.0579. The van der Waals surface area contributed by atoms with Crippen molar-refractivity contribution in [1.82, 2.24) is 0 Å². The van der Waals surface area contributed by atoms with Crippen LogP contribution in [-0.2, 0) is 6.61 Å². The second-order valence-corrected chi connectivity index (χ2v) is 4.58. The van der Waals surface area contributed by atoms with Crippen LogP contribution in [0.2, 0.25) is 0 Å². The molecule has 0 atom stereocenters. The predicted octanol–water partition coefficient (Wildman–Crippen LogP) is 4.04. The summed E-state index contributed by atoms with van der Waals surface area (Å²) in [6.45, 7) is 0.236. The van der Waals surface area contributed by atoms with E-state index in [9.17, 15) is 4.39 Å². The maximum absolute atomic E-state index is 13.1. The molecule has 2 aromatic carbocycles. The number of nitriles is 1. The van der Waals surface area contributed by atoms with Crippen LogP contribution in [0.4, 0.5) is 4.39 Å². The van der Waals surface area contributed by atoms with E-state index < -0.39 is 0 Å². The molecule has 0 spiro atoms. The minimum Gasteiger partial charge on any atom is -0.489 e. The molecule has 4 heteroatoms. The Hall–Kier alpha value is -1.86. The van der Waals surface area contributed by atoms with Crippen molar-refractivity contribution >= 4 is 15.9 Å². The van der Waals surface area contributed by atoms with E-state index in [1.807, 2.05) is 12.1 Å². The smallest absolute Gasteiger partial charge is 0.128 e. The fraction of sp³-hybridized carbons (Fsp3) is 0.0714. The predicted molar refractivity (Wildman–Crippen MR) is 69.6 cm³/mol. The Balaban J connectivity index is 2.14. The van der Waals surface area contributed by atoms with Crippen molar-refractivity contribution in [3.05, 3.63) is 63.9 Å². The van der Waals surface area contributed by atoms with Gasteiger partial charge in [-0.15, -0.1) is 0 Å². The zero-order valence-electron chi connectivity index (χ0n) is 9.36. The summed E-state index contributed by atoms with van der Waals surface area (Å²) in [5.41, 5.74) is 1.34. The van der Waals surface area contributed by atoms with Crippen LogP contribution in [0.1, 0.15) is 11.1 Å². The van der Waals surface area contributed by atoms with E-state index in [-0.39, 0.29) is 12.4 Å². The van der Waals surface area contributed by atoms with Gasteiger partial charge < -0.3 is 4.74 Å². The lowest BCUT2D eigenvalue weighted by Gasteiger charge is -2.08. The number of halogens is 2. The molecule has 0 aliphatic carbocycles. The first-order valence-corrected chi connectivity index (χ1v) is 6.05. The molecule has 0 aromatic heterocycles. The van der Waals surface area contributed by atoms with E-state index in [0.717, 1.165) is 5.56 Å². The number of hydrogen-bond donors (Lipinski definition) is 0. The van der Waals surface area contributed by atoms with Gasteiger partial charge in [-0.1, -0.05) is 34.1 Å². The molecular weight excluding hydrogens is 297 g/mol. The van der Waals surface area contributed by atoms with Gasteiger partial charge in [-0.25, -0.2) is 4.39 Å². The monoisotopic (exact) mass is 305 g/mol. The molecule has 0 heterocycles. The molecule has 2 rings (SSSR count). The molecule has 0 amide bonds. The van der Waals surface area contributed by atoms with Gasteiger partial charge in [0.2, 0.25) is 0 Å². The number of rotatable bonds is 3. The Bertz CT molecular complexity index is 587. The molecule has 0 N–H and O–H groups in total. The van der Waals surface area contributed by atoms with Gasteiger partial charge in [0.25, 0.3) is 0 Å². The molecule has 0 aliphatic heterocycles. The maximum Gasteiger partial charge on any atom is 0.128 e. The van der Waals surface area contributed by atoms with Gasteiger partial charge in [0.15, 0.2) is 0 Å². The van der Waals surface area contributed by atoms with Gasteiger partial charge >= 0.3 is 0 Å². The average Bonchev–Trinajstić information content (AvgIpc) is 2.35. The first-order chi connectivity index (χ1) is 8.69. The Labute approximate surface area is 113 Å². The van der Waals surface area contributed by atoms with Crippen molar-refractivity contribution in [2.75, 3.05) is 0 Å². The zero-order chi connectivity index (χ0) is 13.0. The van der Waals surface area contributed by atoms with E-state index >= 15 is 0 Å². The molecule has 2 aromatic rings. The van der Waals surface area contributed by atoms with Crippen molar-refractivity contribution in [3.8, 4) is 11.8 Å². The van der Waals surface area contributed by atoms with Crippen LogP contribution in [0.3, 0.4) is 0 Å². The molecule has 2 nitrogen and oxygen atoms in total. The standard InChI is InChI=1S/C14H9BrFNO/c15-12-5-13(16)7-14(6-12)18-9-11-4-2-1-3-10(11)8-17/h1-7H,9H2. The summed E-state index contributed by atoms with van der Waals surface area (Å²) in [6, 6.07) is 13.6. The number of nitrogens with zero attached hydrogens (tertiary/aromatic N) is 1. The molecule has 0 unspecified atom stereocenters. The number of hydrogen-bond acceptors (Lipinski definition) is 2. The summed E-state index contributed by atoms with van der Waals surface area (Å²) < 4.78 is 19.2. The number of benzene rings is 2. The Morgan fingerprint density at radius 2 is 2.00 bits per heavy atom. The van der Waals surface area contributed by atoms with Gasteiger partial charge in [-0.05, 0) is 18.2 Å². The third-order valence-electron chi connectivity index (χ3n) is 2.37. The molecule has 90 valence electrons. The highest BCUT2D eigenvalue weighted by atomic mass is 79.9. The molecule has 0 saturated heterocycles. The van der Waals surface area contributed by atoms with Crippen LogP contribution in [-0.4, -0.2) is 0 Å². The maximum atomic E-state index is 13.1. The minimum absolute atomic E-state index is 0.236. The highest BCUT2D eigenvalue weighted by Gasteiger charge is 2.03. The van der Waals surface area contributed by atoms with Gasteiger partial charge in [-0.3, -0.25) is 0 Å². The van der Waals surface area contributed by atoms with Crippen molar-refractivity contribution in [2.24, 2.45) is 0 Å². The van der Waals surface area contributed by atoms with Crippen molar-refractivity contribution in [2.45, 2.75) is 6.61 Å². The summed E-state index contributed by atoms with van der Waals surface area (Å²) in [7, 11) is 0. The van der Waals surface area contributed by atoms with Crippen LogP contribution >= 0.6 is 15.9 Å².